The Balaban J connectivity index is 1.47. The summed E-state index contributed by atoms with van der Waals surface area (Å²) in [6.45, 7) is 4.06. The van der Waals surface area contributed by atoms with Gasteiger partial charge in [0, 0.05) is 36.1 Å². The van der Waals surface area contributed by atoms with Crippen molar-refractivity contribution in [2.45, 2.75) is 19.9 Å². The van der Waals surface area contributed by atoms with Crippen molar-refractivity contribution in [2.24, 2.45) is 9.98 Å². The lowest BCUT2D eigenvalue weighted by atomic mass is 9.93. The number of benzene rings is 4. The fraction of sp³-hybridized carbons (Fsp3) is 0.147. The van der Waals surface area contributed by atoms with E-state index in [1.165, 1.54) is 0 Å². The fourth-order valence-electron chi connectivity index (χ4n) is 5.62. The number of nitrogens with one attached hydrogen (secondary N) is 1. The van der Waals surface area contributed by atoms with E-state index < -0.39 is 0 Å². The molecule has 0 unspecified atom stereocenters. The molecule has 0 saturated carbocycles. The molecule has 1 atom stereocenters. The number of para-hydroxylation sites is 3. The zero-order valence-corrected chi connectivity index (χ0v) is 24.6. The number of fused-ring (bicyclic) bond motifs is 4. The molecule has 0 aliphatic carbocycles. The van der Waals surface area contributed by atoms with E-state index in [0.29, 0.717) is 10.9 Å². The summed E-state index contributed by atoms with van der Waals surface area (Å²) in [5.41, 5.74) is 8.94. The Bertz CT molecular complexity index is 1870. The molecular formula is C34H30ClN7. The second-order valence-corrected chi connectivity index (χ2v) is 11.2. The van der Waals surface area contributed by atoms with Crippen LogP contribution in [0.25, 0.3) is 5.69 Å². The molecule has 3 heterocycles. The molecule has 1 N–H and O–H groups in total. The van der Waals surface area contributed by atoms with E-state index in [1.54, 1.807) is 0 Å². The van der Waals surface area contributed by atoms with Crippen LogP contribution in [0.4, 0.5) is 28.6 Å². The van der Waals surface area contributed by atoms with Gasteiger partial charge in [-0.05, 0) is 73.5 Å². The second-order valence-electron chi connectivity index (χ2n) is 10.8. The van der Waals surface area contributed by atoms with E-state index in [-0.39, 0.29) is 6.04 Å². The van der Waals surface area contributed by atoms with Crippen molar-refractivity contribution in [2.75, 3.05) is 29.2 Å². The lowest BCUT2D eigenvalue weighted by Crippen LogP contribution is -2.46. The first-order valence-corrected chi connectivity index (χ1v) is 14.3. The molecule has 208 valence electrons. The minimum absolute atomic E-state index is 0.184. The van der Waals surface area contributed by atoms with E-state index in [9.17, 15) is 0 Å². The maximum atomic E-state index is 6.51. The molecule has 7 rings (SSSR count). The minimum atomic E-state index is -0.184. The van der Waals surface area contributed by atoms with E-state index in [4.69, 9.17) is 26.7 Å². The highest BCUT2D eigenvalue weighted by atomic mass is 35.5. The van der Waals surface area contributed by atoms with Gasteiger partial charge < -0.3 is 15.1 Å². The van der Waals surface area contributed by atoms with Crippen molar-refractivity contribution >= 4 is 51.8 Å². The Morgan fingerprint density at radius 2 is 1.57 bits per heavy atom. The largest absolute Gasteiger partial charge is 0.378 e. The molecule has 0 spiro atoms. The molecule has 0 bridgehead atoms. The number of anilines is 3. The van der Waals surface area contributed by atoms with Crippen molar-refractivity contribution in [3.05, 3.63) is 124 Å². The summed E-state index contributed by atoms with van der Waals surface area (Å²) >= 11 is 6.51. The maximum Gasteiger partial charge on any atom is 0.179 e. The molecule has 0 saturated heterocycles. The molecular weight excluding hydrogens is 542 g/mol. The Labute approximate surface area is 250 Å². The summed E-state index contributed by atoms with van der Waals surface area (Å²) in [5, 5.41) is 9.26. The Kier molecular flexibility index (Phi) is 6.32. The maximum absolute atomic E-state index is 6.51. The number of rotatable bonds is 4. The molecule has 2 aliphatic rings. The molecule has 42 heavy (non-hydrogen) atoms. The number of aryl methyl sites for hydroxylation is 2. The van der Waals surface area contributed by atoms with Gasteiger partial charge >= 0.3 is 0 Å². The third-order valence-corrected chi connectivity index (χ3v) is 8.21. The highest BCUT2D eigenvalue weighted by Gasteiger charge is 2.41. The van der Waals surface area contributed by atoms with Crippen LogP contribution in [0.3, 0.4) is 0 Å². The molecule has 0 amide bonds. The smallest absolute Gasteiger partial charge is 0.179 e. The van der Waals surface area contributed by atoms with Gasteiger partial charge in [-0.25, -0.2) is 14.7 Å². The van der Waals surface area contributed by atoms with Crippen LogP contribution >= 0.6 is 11.6 Å². The average molecular weight is 572 g/mol. The summed E-state index contributed by atoms with van der Waals surface area (Å²) in [5.74, 6) is 2.16. The molecule has 1 aromatic heterocycles. The molecule has 0 fully saturated rings. The fourth-order valence-corrected chi connectivity index (χ4v) is 5.80. The van der Waals surface area contributed by atoms with E-state index in [2.05, 4.69) is 78.6 Å². The van der Waals surface area contributed by atoms with Gasteiger partial charge in [-0.3, -0.25) is 0 Å². The van der Waals surface area contributed by atoms with Gasteiger partial charge in [0.05, 0.1) is 28.8 Å². The molecule has 5 aromatic rings. The van der Waals surface area contributed by atoms with Crippen molar-refractivity contribution in [3.8, 4) is 5.69 Å². The quantitative estimate of drug-likeness (QED) is 0.237. The number of aliphatic imine (C=N–C) groups is 2. The van der Waals surface area contributed by atoms with Crippen LogP contribution in [0.5, 0.6) is 0 Å². The van der Waals surface area contributed by atoms with E-state index in [1.807, 2.05) is 66.2 Å². The molecule has 0 radical (unpaired) electrons. The summed E-state index contributed by atoms with van der Waals surface area (Å²) in [6, 6.07) is 32.8. The first-order valence-electron chi connectivity index (χ1n) is 13.9. The van der Waals surface area contributed by atoms with Crippen LogP contribution in [0.2, 0.25) is 5.02 Å². The lowest BCUT2D eigenvalue weighted by Gasteiger charge is -2.40. The van der Waals surface area contributed by atoms with Crippen LogP contribution in [0.1, 0.15) is 28.4 Å². The second kappa shape index (κ2) is 10.2. The number of nitrogens with zero attached hydrogens (tertiary/aromatic N) is 6. The topological polar surface area (TPSA) is 61.1 Å². The number of amidine groups is 2. The van der Waals surface area contributed by atoms with Crippen molar-refractivity contribution in [1.29, 1.82) is 0 Å². The Hall–Kier alpha value is -4.88. The predicted octanol–water partition coefficient (Wildman–Crippen LogP) is 8.00. The van der Waals surface area contributed by atoms with Gasteiger partial charge in [-0.15, -0.1) is 0 Å². The Morgan fingerprint density at radius 3 is 2.31 bits per heavy atom. The number of hydrogen-bond donors (Lipinski definition) is 1. The summed E-state index contributed by atoms with van der Waals surface area (Å²) in [6.07, 6.45) is 0. The highest BCUT2D eigenvalue weighted by molar-refractivity contribution is 6.51. The lowest BCUT2D eigenvalue weighted by molar-refractivity contribution is 0.815. The van der Waals surface area contributed by atoms with Gasteiger partial charge in [-0.1, -0.05) is 60.1 Å². The molecule has 8 heteroatoms. The zero-order valence-electron chi connectivity index (χ0n) is 23.9. The average Bonchev–Trinajstić information content (AvgIpc) is 3.34. The normalized spacial score (nSPS) is 15.3. The van der Waals surface area contributed by atoms with Gasteiger partial charge in [-0.2, -0.15) is 5.10 Å². The number of aromatic nitrogens is 2. The minimum Gasteiger partial charge on any atom is -0.378 e. The number of hydrogen-bond acceptors (Lipinski definition) is 6. The van der Waals surface area contributed by atoms with Gasteiger partial charge in [0.1, 0.15) is 0 Å². The molecule has 4 aromatic carbocycles. The monoisotopic (exact) mass is 571 g/mol. The summed E-state index contributed by atoms with van der Waals surface area (Å²) < 4.78 is 1.94. The van der Waals surface area contributed by atoms with Gasteiger partial charge in [0.25, 0.3) is 0 Å². The molecule has 7 nitrogen and oxygen atoms in total. The number of halogens is 1. The van der Waals surface area contributed by atoms with Crippen LogP contribution in [-0.4, -0.2) is 35.5 Å². The first kappa shape index (κ1) is 26.0. The van der Waals surface area contributed by atoms with Crippen LogP contribution < -0.4 is 15.1 Å². The third-order valence-electron chi connectivity index (χ3n) is 7.80. The summed E-state index contributed by atoms with van der Waals surface area (Å²) in [4.78, 5) is 14.8. The van der Waals surface area contributed by atoms with E-state index in [0.717, 1.165) is 62.5 Å². The summed E-state index contributed by atoms with van der Waals surface area (Å²) in [7, 11) is 4.11. The van der Waals surface area contributed by atoms with Crippen molar-refractivity contribution in [1.82, 2.24) is 9.78 Å². The van der Waals surface area contributed by atoms with Crippen molar-refractivity contribution in [3.63, 3.8) is 0 Å². The standard InChI is InChI=1S/C34H30ClN7/c1-21-14-17-24(20-27(21)35)36-32-34-38-33-30(22(2)39-42(33)26-10-6-5-7-11-26)31(23-15-18-25(19-16-23)40(3)4)41(34)29-13-9-8-12-28(29)37-32/h5-20,31H,1-4H3,(H,36,37)/t31-/m0/s1. The van der Waals surface area contributed by atoms with Crippen LogP contribution in [0, 0.1) is 13.8 Å². The van der Waals surface area contributed by atoms with Crippen LogP contribution in [0.15, 0.2) is 107 Å². The zero-order chi connectivity index (χ0) is 29.0. The van der Waals surface area contributed by atoms with Gasteiger partial charge in [0.2, 0.25) is 0 Å². The predicted molar refractivity (Wildman–Crippen MR) is 174 cm³/mol. The third kappa shape index (κ3) is 4.33. The molecule has 2 aliphatic heterocycles. The van der Waals surface area contributed by atoms with Crippen LogP contribution in [-0.2, 0) is 0 Å². The first-order chi connectivity index (χ1) is 20.4. The SMILES string of the molecule is Cc1ccc(NC2=Nc3ccccc3N3C2=Nc2c(c(C)nn2-c2ccccc2)[C@@H]3c2ccc(N(C)C)cc2)cc1Cl. The Morgan fingerprint density at radius 1 is 0.833 bits per heavy atom. The van der Waals surface area contributed by atoms with Gasteiger partial charge in [0.15, 0.2) is 17.5 Å². The van der Waals surface area contributed by atoms with Crippen molar-refractivity contribution < 1.29 is 0 Å². The highest BCUT2D eigenvalue weighted by Crippen LogP contribution is 2.48. The van der Waals surface area contributed by atoms with E-state index >= 15 is 0 Å².